The molecule has 0 atom stereocenters. The van der Waals surface area contributed by atoms with E-state index in [1.165, 1.54) is 17.1 Å². The molecule has 3 aromatic rings. The van der Waals surface area contributed by atoms with Crippen molar-refractivity contribution in [1.82, 2.24) is 20.1 Å². The molecular weight excluding hydrogens is 364 g/mol. The molecule has 0 saturated carbocycles. The van der Waals surface area contributed by atoms with Crippen LogP contribution in [0.2, 0.25) is 0 Å². The molecule has 1 N–H and O–H groups in total. The highest BCUT2D eigenvalue weighted by molar-refractivity contribution is 8.19. The summed E-state index contributed by atoms with van der Waals surface area (Å²) in [5.41, 5.74) is 2.87. The van der Waals surface area contributed by atoms with Crippen LogP contribution in [-0.2, 0) is 6.54 Å². The average Bonchev–Trinajstić information content (AvgIpc) is 3.40. The van der Waals surface area contributed by atoms with E-state index >= 15 is 0 Å². The first kappa shape index (κ1) is 17.2. The van der Waals surface area contributed by atoms with E-state index in [0.717, 1.165) is 11.4 Å². The second-order valence-electron chi connectivity index (χ2n) is 5.81. The minimum atomic E-state index is -0.0847. The Balaban J connectivity index is 1.43. The van der Waals surface area contributed by atoms with Crippen LogP contribution in [0.5, 0.6) is 0 Å². The fourth-order valence-electron chi connectivity index (χ4n) is 2.79. The van der Waals surface area contributed by atoms with E-state index in [0.29, 0.717) is 16.7 Å². The molecule has 5 nitrogen and oxygen atoms in total. The first-order valence-electron chi connectivity index (χ1n) is 8.36. The van der Waals surface area contributed by atoms with Gasteiger partial charge in [0.25, 0.3) is 5.91 Å². The number of nitrogens with zero attached hydrogens (tertiary/aromatic N) is 3. The monoisotopic (exact) mass is 382 g/mol. The first-order chi connectivity index (χ1) is 12.8. The summed E-state index contributed by atoms with van der Waals surface area (Å²) in [5.74, 6) is 3.03. The van der Waals surface area contributed by atoms with Gasteiger partial charge >= 0.3 is 0 Å². The lowest BCUT2D eigenvalue weighted by Gasteiger charge is -2.11. The van der Waals surface area contributed by atoms with Crippen molar-refractivity contribution in [2.24, 2.45) is 0 Å². The van der Waals surface area contributed by atoms with Crippen molar-refractivity contribution in [3.8, 4) is 5.82 Å². The van der Waals surface area contributed by atoms with Gasteiger partial charge in [0.15, 0.2) is 5.82 Å². The Bertz CT molecular complexity index is 875. The van der Waals surface area contributed by atoms with Gasteiger partial charge in [-0.3, -0.25) is 4.79 Å². The Morgan fingerprint density at radius 1 is 1.12 bits per heavy atom. The third-order valence-corrected chi connectivity index (χ3v) is 7.20. The van der Waals surface area contributed by atoms with Crippen LogP contribution in [0.15, 0.2) is 61.1 Å². The molecule has 1 aromatic carbocycles. The third kappa shape index (κ3) is 3.78. The summed E-state index contributed by atoms with van der Waals surface area (Å²) in [6.07, 6.45) is 5.27. The third-order valence-electron chi connectivity index (χ3n) is 4.10. The lowest BCUT2D eigenvalue weighted by atomic mass is 10.1. The van der Waals surface area contributed by atoms with Crippen LogP contribution < -0.4 is 5.32 Å². The Hall–Kier alpha value is -2.25. The molecule has 0 aliphatic carbocycles. The molecule has 1 saturated heterocycles. The molecule has 2 aromatic heterocycles. The molecule has 4 rings (SSSR count). The molecule has 7 heteroatoms. The maximum absolute atomic E-state index is 12.5. The van der Waals surface area contributed by atoms with Crippen LogP contribution in [0, 0.1) is 0 Å². The number of hydrogen-bond acceptors (Lipinski definition) is 5. The second kappa shape index (κ2) is 7.97. The molecule has 1 aliphatic heterocycles. The highest BCUT2D eigenvalue weighted by Crippen LogP contribution is 2.45. The summed E-state index contributed by atoms with van der Waals surface area (Å²) in [4.78, 5) is 16.9. The molecule has 0 bridgehead atoms. The summed E-state index contributed by atoms with van der Waals surface area (Å²) in [6.45, 7) is 0.401. The Morgan fingerprint density at radius 2 is 1.92 bits per heavy atom. The minimum absolute atomic E-state index is 0.0847. The van der Waals surface area contributed by atoms with Gasteiger partial charge < -0.3 is 5.32 Å². The summed E-state index contributed by atoms with van der Waals surface area (Å²) in [5, 5.41) is 7.19. The van der Waals surface area contributed by atoms with Crippen LogP contribution in [0.25, 0.3) is 5.82 Å². The van der Waals surface area contributed by atoms with Gasteiger partial charge in [-0.25, -0.2) is 9.67 Å². The summed E-state index contributed by atoms with van der Waals surface area (Å²) in [6, 6.07) is 13.6. The summed E-state index contributed by atoms with van der Waals surface area (Å²) >= 11 is 3.93. The van der Waals surface area contributed by atoms with E-state index in [-0.39, 0.29) is 5.91 Å². The smallest absolute Gasteiger partial charge is 0.251 e. The SMILES string of the molecule is O=C(NCc1cccnc1-n1cccn1)c1ccc(C2SCCS2)cc1. The predicted octanol–water partition coefficient (Wildman–Crippen LogP) is 3.68. The van der Waals surface area contributed by atoms with E-state index in [4.69, 9.17) is 0 Å². The van der Waals surface area contributed by atoms with Gasteiger partial charge in [-0.2, -0.15) is 5.10 Å². The molecule has 0 unspecified atom stereocenters. The number of carbonyl (C=O) groups excluding carboxylic acids is 1. The molecular formula is C19H18N4OS2. The maximum atomic E-state index is 12.5. The van der Waals surface area contributed by atoms with Gasteiger partial charge in [-0.05, 0) is 29.8 Å². The number of hydrogen-bond donors (Lipinski definition) is 1. The largest absolute Gasteiger partial charge is 0.348 e. The molecule has 1 aliphatic rings. The van der Waals surface area contributed by atoms with Crippen molar-refractivity contribution in [3.05, 3.63) is 77.7 Å². The Labute approximate surface area is 160 Å². The highest BCUT2D eigenvalue weighted by Gasteiger charge is 2.18. The zero-order chi connectivity index (χ0) is 17.8. The number of amides is 1. The fourth-order valence-corrected chi connectivity index (χ4v) is 5.65. The topological polar surface area (TPSA) is 59.8 Å². The van der Waals surface area contributed by atoms with Gasteiger partial charge in [-0.15, -0.1) is 23.5 Å². The molecule has 0 radical (unpaired) electrons. The number of carbonyl (C=O) groups is 1. The molecule has 132 valence electrons. The van der Waals surface area contributed by atoms with E-state index in [1.54, 1.807) is 17.1 Å². The average molecular weight is 383 g/mol. The molecule has 3 heterocycles. The molecule has 1 amide bonds. The fraction of sp³-hybridized carbons (Fsp3) is 0.211. The second-order valence-corrected chi connectivity index (χ2v) is 8.54. The molecule has 0 spiro atoms. The van der Waals surface area contributed by atoms with Crippen molar-refractivity contribution in [3.63, 3.8) is 0 Å². The van der Waals surface area contributed by atoms with Gasteiger partial charge in [0.05, 0.1) is 4.58 Å². The van der Waals surface area contributed by atoms with Crippen LogP contribution in [0.3, 0.4) is 0 Å². The summed E-state index contributed by atoms with van der Waals surface area (Å²) in [7, 11) is 0. The number of nitrogens with one attached hydrogen (secondary N) is 1. The maximum Gasteiger partial charge on any atom is 0.251 e. The van der Waals surface area contributed by atoms with Crippen molar-refractivity contribution in [1.29, 1.82) is 0 Å². The first-order valence-corrected chi connectivity index (χ1v) is 10.5. The van der Waals surface area contributed by atoms with E-state index in [9.17, 15) is 4.79 Å². The number of thioether (sulfide) groups is 2. The molecule has 1 fully saturated rings. The zero-order valence-corrected chi connectivity index (χ0v) is 15.7. The lowest BCUT2D eigenvalue weighted by Crippen LogP contribution is -2.23. The molecule has 26 heavy (non-hydrogen) atoms. The van der Waals surface area contributed by atoms with Crippen molar-refractivity contribution >= 4 is 29.4 Å². The quantitative estimate of drug-likeness (QED) is 0.729. The lowest BCUT2D eigenvalue weighted by molar-refractivity contribution is 0.0951. The summed E-state index contributed by atoms with van der Waals surface area (Å²) < 4.78 is 2.20. The van der Waals surface area contributed by atoms with Crippen molar-refractivity contribution in [2.75, 3.05) is 11.5 Å². The Kier molecular flexibility index (Phi) is 5.26. The minimum Gasteiger partial charge on any atom is -0.348 e. The van der Waals surface area contributed by atoms with Crippen LogP contribution in [0.1, 0.15) is 26.1 Å². The normalized spacial score (nSPS) is 14.5. The van der Waals surface area contributed by atoms with E-state index in [1.807, 2.05) is 60.1 Å². The van der Waals surface area contributed by atoms with Gasteiger partial charge in [-0.1, -0.05) is 18.2 Å². The van der Waals surface area contributed by atoms with Crippen LogP contribution >= 0.6 is 23.5 Å². The van der Waals surface area contributed by atoms with Gasteiger partial charge in [0.1, 0.15) is 0 Å². The predicted molar refractivity (Wildman–Crippen MR) is 107 cm³/mol. The highest BCUT2D eigenvalue weighted by atomic mass is 32.2. The van der Waals surface area contributed by atoms with E-state index in [2.05, 4.69) is 27.5 Å². The van der Waals surface area contributed by atoms with E-state index < -0.39 is 0 Å². The standard InChI is InChI=1S/C19H18N4OS2/c24-18(14-4-6-15(7-5-14)19-25-11-12-26-19)21-13-16-3-1-8-20-17(16)23-10-2-9-22-23/h1-10,19H,11-13H2,(H,21,24). The number of pyridine rings is 1. The van der Waals surface area contributed by atoms with Crippen LogP contribution in [-0.4, -0.2) is 32.2 Å². The van der Waals surface area contributed by atoms with Crippen molar-refractivity contribution < 1.29 is 4.79 Å². The Morgan fingerprint density at radius 3 is 2.65 bits per heavy atom. The number of benzene rings is 1. The van der Waals surface area contributed by atoms with Gasteiger partial charge in [0.2, 0.25) is 0 Å². The zero-order valence-electron chi connectivity index (χ0n) is 14.0. The van der Waals surface area contributed by atoms with Crippen LogP contribution in [0.4, 0.5) is 0 Å². The van der Waals surface area contributed by atoms with Gasteiger partial charge in [0, 0.05) is 47.8 Å². The number of aromatic nitrogens is 3. The van der Waals surface area contributed by atoms with Crippen molar-refractivity contribution in [2.45, 2.75) is 11.1 Å². The number of rotatable bonds is 5.